The molecule has 2 aromatic heterocycles. The van der Waals surface area contributed by atoms with Crippen LogP contribution < -0.4 is 5.73 Å². The lowest BCUT2D eigenvalue weighted by molar-refractivity contribution is 0.153. The lowest BCUT2D eigenvalue weighted by Gasteiger charge is -2.32. The van der Waals surface area contributed by atoms with Crippen LogP contribution in [0.15, 0.2) is 54.9 Å². The Kier molecular flexibility index (Phi) is 4.93. The molecule has 1 saturated heterocycles. The highest BCUT2D eigenvalue weighted by molar-refractivity contribution is 5.57. The number of likely N-dealkylation sites (tertiary alicyclic amines) is 1. The summed E-state index contributed by atoms with van der Waals surface area (Å²) in [6.45, 7) is 3.92. The molecule has 6 heteroatoms. The number of nitrogen functional groups attached to an aromatic ring is 1. The monoisotopic (exact) mass is 348 g/mol. The predicted molar refractivity (Wildman–Crippen MR) is 102 cm³/mol. The number of nitrogens with zero attached hydrogens (tertiary/aromatic N) is 5. The minimum atomic E-state index is 0.576. The number of hydrogen-bond donors (Lipinski definition) is 1. The third-order valence-electron chi connectivity index (χ3n) is 4.98. The normalized spacial score (nSPS) is 18.1. The van der Waals surface area contributed by atoms with Crippen molar-refractivity contribution in [3.63, 3.8) is 0 Å². The minimum absolute atomic E-state index is 0.576. The fourth-order valence-electron chi connectivity index (χ4n) is 3.66. The quantitative estimate of drug-likeness (QED) is 0.767. The molecule has 3 heterocycles. The Morgan fingerprint density at radius 3 is 2.85 bits per heavy atom. The number of hydrogen-bond acceptors (Lipinski definition) is 5. The van der Waals surface area contributed by atoms with Crippen molar-refractivity contribution in [1.82, 2.24) is 24.9 Å². The summed E-state index contributed by atoms with van der Waals surface area (Å²) in [4.78, 5) is 6.66. The van der Waals surface area contributed by atoms with Crippen molar-refractivity contribution in [3.05, 3.63) is 60.4 Å². The molecule has 1 atom stereocenters. The number of aromatic nitrogens is 4. The lowest BCUT2D eigenvalue weighted by Crippen LogP contribution is -2.36. The Morgan fingerprint density at radius 2 is 2.00 bits per heavy atom. The van der Waals surface area contributed by atoms with Crippen LogP contribution in [0.2, 0.25) is 0 Å². The van der Waals surface area contributed by atoms with Crippen molar-refractivity contribution in [2.75, 3.05) is 18.8 Å². The number of anilines is 1. The first-order chi connectivity index (χ1) is 12.8. The summed E-state index contributed by atoms with van der Waals surface area (Å²) in [5.74, 6) is 1.21. The second kappa shape index (κ2) is 7.66. The Bertz CT molecular complexity index is 844. The third-order valence-corrected chi connectivity index (χ3v) is 4.98. The van der Waals surface area contributed by atoms with Crippen LogP contribution in [0, 0.1) is 5.92 Å². The van der Waals surface area contributed by atoms with E-state index in [0.29, 0.717) is 11.7 Å². The molecule has 0 spiro atoms. The number of benzene rings is 1. The average molecular weight is 348 g/mol. The van der Waals surface area contributed by atoms with Crippen molar-refractivity contribution in [2.45, 2.75) is 25.9 Å². The van der Waals surface area contributed by atoms with Crippen LogP contribution in [0.3, 0.4) is 0 Å². The van der Waals surface area contributed by atoms with E-state index in [4.69, 9.17) is 5.73 Å². The van der Waals surface area contributed by atoms with E-state index in [2.05, 4.69) is 38.4 Å². The molecular formula is C20H24N6. The smallest absolute Gasteiger partial charge is 0.127 e. The fraction of sp³-hybridized carbons (Fsp3) is 0.350. The van der Waals surface area contributed by atoms with Gasteiger partial charge in [0.05, 0.1) is 6.20 Å². The Morgan fingerprint density at radius 1 is 1.12 bits per heavy atom. The zero-order valence-electron chi connectivity index (χ0n) is 14.8. The Labute approximate surface area is 153 Å². The van der Waals surface area contributed by atoms with E-state index in [-0.39, 0.29) is 0 Å². The van der Waals surface area contributed by atoms with Gasteiger partial charge in [-0.05, 0) is 31.4 Å². The van der Waals surface area contributed by atoms with Gasteiger partial charge in [0, 0.05) is 37.0 Å². The first kappa shape index (κ1) is 16.7. The summed E-state index contributed by atoms with van der Waals surface area (Å²) < 4.78 is 1.98. The minimum Gasteiger partial charge on any atom is -0.383 e. The van der Waals surface area contributed by atoms with E-state index in [9.17, 15) is 0 Å². The molecule has 0 unspecified atom stereocenters. The summed E-state index contributed by atoms with van der Waals surface area (Å²) in [6.07, 6.45) is 6.21. The van der Waals surface area contributed by atoms with Crippen LogP contribution in [0.5, 0.6) is 0 Å². The molecule has 0 amide bonds. The predicted octanol–water partition coefficient (Wildman–Crippen LogP) is 2.83. The Balaban J connectivity index is 1.38. The molecule has 1 aromatic carbocycles. The van der Waals surface area contributed by atoms with Gasteiger partial charge in [0.25, 0.3) is 0 Å². The molecule has 1 fully saturated rings. The first-order valence-corrected chi connectivity index (χ1v) is 9.15. The standard InChI is InChI=1S/C20H24N6/c21-20-18(9-4-10-22-20)14-25-11-5-6-16(12-25)13-26-15-19(23-24-26)17-7-2-1-3-8-17/h1-4,7-10,15-16H,5-6,11-14H2,(H2,21,22)/t16-/m1/s1. The van der Waals surface area contributed by atoms with Crippen LogP contribution in [0.4, 0.5) is 5.82 Å². The second-order valence-corrected chi connectivity index (χ2v) is 6.98. The van der Waals surface area contributed by atoms with E-state index in [1.807, 2.05) is 35.1 Å². The first-order valence-electron chi connectivity index (χ1n) is 9.15. The van der Waals surface area contributed by atoms with Crippen molar-refractivity contribution in [3.8, 4) is 11.3 Å². The van der Waals surface area contributed by atoms with Gasteiger partial charge in [0.2, 0.25) is 0 Å². The zero-order valence-corrected chi connectivity index (χ0v) is 14.8. The molecule has 1 aliphatic rings. The van der Waals surface area contributed by atoms with Crippen molar-refractivity contribution in [1.29, 1.82) is 0 Å². The maximum absolute atomic E-state index is 5.99. The van der Waals surface area contributed by atoms with Gasteiger partial charge in [0.15, 0.2) is 0 Å². The van der Waals surface area contributed by atoms with Crippen molar-refractivity contribution < 1.29 is 0 Å². The number of nitrogens with two attached hydrogens (primary N) is 1. The number of piperidine rings is 1. The molecule has 0 saturated carbocycles. The maximum atomic E-state index is 5.99. The van der Waals surface area contributed by atoms with E-state index in [0.717, 1.165) is 43.0 Å². The molecule has 0 aliphatic carbocycles. The highest BCUT2D eigenvalue weighted by Crippen LogP contribution is 2.22. The topological polar surface area (TPSA) is 72.9 Å². The summed E-state index contributed by atoms with van der Waals surface area (Å²) in [5.41, 5.74) is 9.14. The highest BCUT2D eigenvalue weighted by atomic mass is 15.4. The second-order valence-electron chi connectivity index (χ2n) is 6.98. The summed E-state index contributed by atoms with van der Waals surface area (Å²) in [7, 11) is 0. The lowest BCUT2D eigenvalue weighted by atomic mass is 9.97. The molecular weight excluding hydrogens is 324 g/mol. The van der Waals surface area contributed by atoms with E-state index in [1.165, 1.54) is 12.8 Å². The van der Waals surface area contributed by atoms with Gasteiger partial charge in [-0.3, -0.25) is 9.58 Å². The molecule has 1 aliphatic heterocycles. The molecule has 3 aromatic rings. The van der Waals surface area contributed by atoms with Gasteiger partial charge >= 0.3 is 0 Å². The van der Waals surface area contributed by atoms with Gasteiger partial charge < -0.3 is 5.73 Å². The molecule has 4 rings (SSSR count). The number of pyridine rings is 1. The van der Waals surface area contributed by atoms with Crippen molar-refractivity contribution in [2.24, 2.45) is 5.92 Å². The van der Waals surface area contributed by atoms with Gasteiger partial charge in [-0.2, -0.15) is 0 Å². The van der Waals surface area contributed by atoms with Crippen LogP contribution >= 0.6 is 0 Å². The summed E-state index contributed by atoms with van der Waals surface area (Å²) in [6, 6.07) is 14.2. The van der Waals surface area contributed by atoms with Crippen LogP contribution in [-0.2, 0) is 13.1 Å². The fourth-order valence-corrected chi connectivity index (χ4v) is 3.66. The average Bonchev–Trinajstić information content (AvgIpc) is 3.13. The van der Waals surface area contributed by atoms with Crippen LogP contribution in [0.25, 0.3) is 11.3 Å². The molecule has 2 N–H and O–H groups in total. The van der Waals surface area contributed by atoms with Gasteiger partial charge in [0.1, 0.15) is 11.5 Å². The number of rotatable bonds is 5. The van der Waals surface area contributed by atoms with E-state index >= 15 is 0 Å². The zero-order chi connectivity index (χ0) is 17.8. The molecule has 134 valence electrons. The van der Waals surface area contributed by atoms with E-state index in [1.54, 1.807) is 6.20 Å². The summed E-state index contributed by atoms with van der Waals surface area (Å²) >= 11 is 0. The Hall–Kier alpha value is -2.73. The van der Waals surface area contributed by atoms with Gasteiger partial charge in [-0.15, -0.1) is 5.10 Å². The molecule has 0 radical (unpaired) electrons. The van der Waals surface area contributed by atoms with Crippen molar-refractivity contribution >= 4 is 5.82 Å². The maximum Gasteiger partial charge on any atom is 0.127 e. The highest BCUT2D eigenvalue weighted by Gasteiger charge is 2.21. The summed E-state index contributed by atoms with van der Waals surface area (Å²) in [5, 5.41) is 8.65. The molecule has 0 bridgehead atoms. The van der Waals surface area contributed by atoms with Crippen LogP contribution in [-0.4, -0.2) is 38.0 Å². The third kappa shape index (κ3) is 3.91. The largest absolute Gasteiger partial charge is 0.383 e. The SMILES string of the molecule is Nc1ncccc1CN1CCC[C@@H](Cn2cc(-c3ccccc3)nn2)C1. The molecule has 26 heavy (non-hydrogen) atoms. The molecule has 6 nitrogen and oxygen atoms in total. The van der Waals surface area contributed by atoms with Gasteiger partial charge in [-0.25, -0.2) is 4.98 Å². The van der Waals surface area contributed by atoms with Gasteiger partial charge in [-0.1, -0.05) is 41.6 Å². The van der Waals surface area contributed by atoms with E-state index < -0.39 is 0 Å². The van der Waals surface area contributed by atoms with Crippen LogP contribution in [0.1, 0.15) is 18.4 Å².